The molecule has 1 heterocycles. The molecular formula is C15H13IS. The molecule has 0 spiro atoms. The molecule has 0 unspecified atom stereocenters. The second kappa shape index (κ2) is 3.95. The molecule has 0 saturated carbocycles. The number of fused-ring (bicyclic) bond motifs is 3. The molecule has 86 valence electrons. The van der Waals surface area contributed by atoms with Crippen LogP contribution in [0.25, 0.3) is 20.2 Å². The van der Waals surface area contributed by atoms with Gasteiger partial charge >= 0.3 is 0 Å². The van der Waals surface area contributed by atoms with E-state index in [1.807, 2.05) is 11.3 Å². The van der Waals surface area contributed by atoms with Crippen LogP contribution in [0.4, 0.5) is 0 Å². The highest BCUT2D eigenvalue weighted by Crippen LogP contribution is 2.38. The molecule has 3 aromatic rings. The van der Waals surface area contributed by atoms with Gasteiger partial charge in [0, 0.05) is 23.6 Å². The van der Waals surface area contributed by atoms with Gasteiger partial charge in [-0.15, -0.1) is 11.3 Å². The maximum atomic E-state index is 2.50. The van der Waals surface area contributed by atoms with Crippen molar-refractivity contribution in [2.45, 2.75) is 17.3 Å². The first kappa shape index (κ1) is 11.5. The average Bonchev–Trinajstić information content (AvgIpc) is 2.65. The van der Waals surface area contributed by atoms with Crippen molar-refractivity contribution in [3.8, 4) is 0 Å². The Morgan fingerprint density at radius 2 is 1.65 bits per heavy atom. The van der Waals surface area contributed by atoms with Crippen molar-refractivity contribution in [2.24, 2.45) is 0 Å². The first-order valence-electron chi connectivity index (χ1n) is 5.66. The predicted molar refractivity (Wildman–Crippen MR) is 86.4 cm³/mol. The lowest BCUT2D eigenvalue weighted by atomic mass is 10.0. The van der Waals surface area contributed by atoms with Crippen molar-refractivity contribution in [1.29, 1.82) is 0 Å². The molecule has 0 fully saturated rings. The second-order valence-electron chi connectivity index (χ2n) is 4.78. The van der Waals surface area contributed by atoms with E-state index in [-0.39, 0.29) is 3.42 Å². The van der Waals surface area contributed by atoms with Gasteiger partial charge < -0.3 is 0 Å². The zero-order chi connectivity index (χ0) is 12.0. The van der Waals surface area contributed by atoms with Gasteiger partial charge in [0.1, 0.15) is 0 Å². The lowest BCUT2D eigenvalue weighted by molar-refractivity contribution is 0.829. The Bertz CT molecular complexity index is 689. The lowest BCUT2D eigenvalue weighted by Crippen LogP contribution is -2.05. The Hall–Kier alpha value is -0.610. The van der Waals surface area contributed by atoms with E-state index in [1.165, 1.54) is 25.7 Å². The largest absolute Gasteiger partial charge is 0.135 e. The topological polar surface area (TPSA) is 0 Å². The zero-order valence-corrected chi connectivity index (χ0v) is 12.8. The third-order valence-electron chi connectivity index (χ3n) is 3.07. The highest BCUT2D eigenvalue weighted by atomic mass is 127. The number of benzene rings is 2. The first-order chi connectivity index (χ1) is 8.05. The smallest absolute Gasteiger partial charge is 0.0414 e. The summed E-state index contributed by atoms with van der Waals surface area (Å²) in [6, 6.07) is 15.5. The van der Waals surface area contributed by atoms with Gasteiger partial charge in [-0.2, -0.15) is 0 Å². The van der Waals surface area contributed by atoms with Crippen LogP contribution in [-0.2, 0) is 3.42 Å². The van der Waals surface area contributed by atoms with Crippen molar-refractivity contribution in [2.75, 3.05) is 0 Å². The van der Waals surface area contributed by atoms with Crippen LogP contribution in [0.3, 0.4) is 0 Å². The highest BCUT2D eigenvalue weighted by Gasteiger charge is 2.16. The molecular weight excluding hydrogens is 339 g/mol. The summed E-state index contributed by atoms with van der Waals surface area (Å²) in [5.74, 6) is 0. The van der Waals surface area contributed by atoms with E-state index in [4.69, 9.17) is 0 Å². The monoisotopic (exact) mass is 352 g/mol. The molecule has 0 aliphatic rings. The van der Waals surface area contributed by atoms with Crippen LogP contribution in [0.2, 0.25) is 0 Å². The van der Waals surface area contributed by atoms with Gasteiger partial charge in [-0.3, -0.25) is 0 Å². The number of hydrogen-bond donors (Lipinski definition) is 0. The molecule has 0 bridgehead atoms. The van der Waals surface area contributed by atoms with Gasteiger partial charge in [0.05, 0.1) is 0 Å². The molecule has 17 heavy (non-hydrogen) atoms. The lowest BCUT2D eigenvalue weighted by Gasteiger charge is -2.16. The van der Waals surface area contributed by atoms with Crippen molar-refractivity contribution in [1.82, 2.24) is 0 Å². The summed E-state index contributed by atoms with van der Waals surface area (Å²) in [5.41, 5.74) is 1.40. The maximum Gasteiger partial charge on any atom is 0.0414 e. The van der Waals surface area contributed by atoms with Gasteiger partial charge in [0.2, 0.25) is 0 Å². The Morgan fingerprint density at radius 1 is 0.941 bits per heavy atom. The summed E-state index contributed by atoms with van der Waals surface area (Å²) in [6.07, 6.45) is 0. The SMILES string of the molecule is CC(C)(I)c1ccc2c(c1)sc1ccccc12. The Balaban J connectivity index is 2.34. The fraction of sp³-hybridized carbons (Fsp3) is 0.200. The van der Waals surface area contributed by atoms with Crippen molar-refractivity contribution in [3.05, 3.63) is 48.0 Å². The quantitative estimate of drug-likeness (QED) is 0.388. The zero-order valence-electron chi connectivity index (χ0n) is 9.83. The Kier molecular flexibility index (Phi) is 2.67. The van der Waals surface area contributed by atoms with Crippen molar-refractivity contribution in [3.63, 3.8) is 0 Å². The standard InChI is InChI=1S/C15H13IS/c1-15(2,16)10-7-8-12-11-5-3-4-6-13(11)17-14(12)9-10/h3-9H,1-2H3. The normalized spacial score (nSPS) is 12.4. The van der Waals surface area contributed by atoms with E-state index in [1.54, 1.807) is 0 Å². The first-order valence-corrected chi connectivity index (χ1v) is 7.56. The second-order valence-corrected chi connectivity index (χ2v) is 8.56. The Morgan fingerprint density at radius 3 is 2.41 bits per heavy atom. The third kappa shape index (κ3) is 1.97. The fourth-order valence-corrected chi connectivity index (χ4v) is 3.58. The summed E-state index contributed by atoms with van der Waals surface area (Å²) >= 11 is 4.39. The molecule has 0 N–H and O–H groups in total. The minimum Gasteiger partial charge on any atom is -0.135 e. The summed E-state index contributed by atoms with van der Waals surface area (Å²) < 4.78 is 2.97. The molecule has 3 rings (SSSR count). The van der Waals surface area contributed by atoms with E-state index >= 15 is 0 Å². The van der Waals surface area contributed by atoms with E-state index in [0.29, 0.717) is 0 Å². The minimum atomic E-state index is 0.197. The molecule has 0 atom stereocenters. The maximum absolute atomic E-state index is 2.50. The van der Waals surface area contributed by atoms with E-state index in [0.717, 1.165) is 0 Å². The molecule has 2 heteroatoms. The summed E-state index contributed by atoms with van der Waals surface area (Å²) in [4.78, 5) is 0. The molecule has 0 aliphatic carbocycles. The van der Waals surface area contributed by atoms with Crippen LogP contribution >= 0.6 is 33.9 Å². The molecule has 0 nitrogen and oxygen atoms in total. The van der Waals surface area contributed by atoms with Gasteiger partial charge in [-0.05, 0) is 31.5 Å². The predicted octanol–water partition coefficient (Wildman–Crippen LogP) is 5.72. The number of hydrogen-bond acceptors (Lipinski definition) is 1. The number of halogens is 1. The van der Waals surface area contributed by atoms with Crippen LogP contribution < -0.4 is 0 Å². The van der Waals surface area contributed by atoms with Gasteiger partial charge in [-0.25, -0.2) is 0 Å². The molecule has 0 saturated heterocycles. The number of rotatable bonds is 1. The number of thiophene rings is 1. The van der Waals surface area contributed by atoms with E-state index in [2.05, 4.69) is 78.9 Å². The number of alkyl halides is 1. The highest BCUT2D eigenvalue weighted by molar-refractivity contribution is 14.1. The van der Waals surface area contributed by atoms with Crippen LogP contribution in [0.5, 0.6) is 0 Å². The van der Waals surface area contributed by atoms with Crippen molar-refractivity contribution >= 4 is 54.1 Å². The van der Waals surface area contributed by atoms with Crippen LogP contribution in [0, 0.1) is 0 Å². The van der Waals surface area contributed by atoms with Crippen LogP contribution in [0.15, 0.2) is 42.5 Å². The summed E-state index contributed by atoms with van der Waals surface area (Å²) in [5, 5.41) is 2.76. The third-order valence-corrected chi connectivity index (χ3v) is 4.82. The minimum absolute atomic E-state index is 0.197. The molecule has 1 aromatic heterocycles. The van der Waals surface area contributed by atoms with E-state index in [9.17, 15) is 0 Å². The van der Waals surface area contributed by atoms with Crippen molar-refractivity contribution < 1.29 is 0 Å². The Labute approximate surface area is 119 Å². The van der Waals surface area contributed by atoms with Gasteiger partial charge in [-0.1, -0.05) is 52.9 Å². The fourth-order valence-electron chi connectivity index (χ4n) is 2.10. The molecule has 2 aromatic carbocycles. The summed E-state index contributed by atoms with van der Waals surface area (Å²) in [6.45, 7) is 4.50. The summed E-state index contributed by atoms with van der Waals surface area (Å²) in [7, 11) is 0. The van der Waals surface area contributed by atoms with Crippen LogP contribution in [-0.4, -0.2) is 0 Å². The average molecular weight is 352 g/mol. The molecule has 0 aliphatic heterocycles. The van der Waals surface area contributed by atoms with Gasteiger partial charge in [0.15, 0.2) is 0 Å². The van der Waals surface area contributed by atoms with Crippen LogP contribution in [0.1, 0.15) is 19.4 Å². The van der Waals surface area contributed by atoms with Gasteiger partial charge in [0.25, 0.3) is 0 Å². The molecule has 0 amide bonds. The van der Waals surface area contributed by atoms with E-state index < -0.39 is 0 Å². The molecule has 0 radical (unpaired) electrons.